The average Bonchev–Trinajstić information content (AvgIpc) is 2.74. The molecule has 0 aromatic carbocycles. The largest absolute Gasteiger partial charge is 0.465 e. The van der Waals surface area contributed by atoms with Crippen molar-refractivity contribution >= 4 is 46.3 Å². The summed E-state index contributed by atoms with van der Waals surface area (Å²) in [5, 5.41) is 9.39. The molecular formula is C11H12Cl2N6O2. The molecule has 0 unspecified atom stereocenters. The Morgan fingerprint density at radius 2 is 1.81 bits per heavy atom. The first-order valence-corrected chi connectivity index (χ1v) is 7.01. The van der Waals surface area contributed by atoms with Gasteiger partial charge in [0.1, 0.15) is 0 Å². The van der Waals surface area contributed by atoms with E-state index in [1.54, 1.807) is 11.6 Å². The van der Waals surface area contributed by atoms with Crippen LogP contribution in [-0.4, -0.2) is 61.8 Å². The number of rotatable bonds is 1. The third-order valence-electron chi connectivity index (χ3n) is 3.47. The third kappa shape index (κ3) is 2.44. The van der Waals surface area contributed by atoms with Crippen molar-refractivity contribution in [3.05, 3.63) is 10.6 Å². The zero-order valence-corrected chi connectivity index (χ0v) is 12.6. The number of carboxylic acid groups (broad SMARTS) is 1. The predicted octanol–water partition coefficient (Wildman–Crippen LogP) is 1.47. The Morgan fingerprint density at radius 1 is 1.14 bits per heavy atom. The van der Waals surface area contributed by atoms with Crippen molar-refractivity contribution in [2.45, 2.75) is 0 Å². The Morgan fingerprint density at radius 3 is 2.43 bits per heavy atom. The van der Waals surface area contributed by atoms with Crippen LogP contribution in [0.2, 0.25) is 10.6 Å². The lowest BCUT2D eigenvalue weighted by Gasteiger charge is -2.33. The van der Waals surface area contributed by atoms with Crippen molar-refractivity contribution in [3.8, 4) is 0 Å². The Hall–Kier alpha value is -1.80. The summed E-state index contributed by atoms with van der Waals surface area (Å²) in [6.07, 6.45) is -0.915. The zero-order chi connectivity index (χ0) is 15.1. The maximum Gasteiger partial charge on any atom is 0.407 e. The van der Waals surface area contributed by atoms with Gasteiger partial charge in [0.05, 0.1) is 0 Å². The third-order valence-corrected chi connectivity index (χ3v) is 3.98. The molecular weight excluding hydrogens is 319 g/mol. The van der Waals surface area contributed by atoms with Crippen LogP contribution in [0.4, 0.5) is 10.6 Å². The van der Waals surface area contributed by atoms with Gasteiger partial charge in [0.2, 0.25) is 10.6 Å². The number of imidazole rings is 1. The van der Waals surface area contributed by atoms with E-state index < -0.39 is 6.09 Å². The standard InChI is InChI=1S/C11H12Cl2N6O2/c1-17-7-6(14-10(17)13)8(16-9(12)15-7)18-2-4-19(5-3-18)11(20)21/h2-5H2,1H3,(H,20,21). The normalized spacial score (nSPS) is 15.8. The number of fused-ring (bicyclic) bond motifs is 1. The number of carbonyl (C=O) groups is 1. The minimum absolute atomic E-state index is 0.109. The van der Waals surface area contributed by atoms with Crippen LogP contribution in [0.25, 0.3) is 11.2 Å². The van der Waals surface area contributed by atoms with Crippen molar-refractivity contribution in [1.82, 2.24) is 24.4 Å². The lowest BCUT2D eigenvalue weighted by Crippen LogP contribution is -2.48. The molecule has 21 heavy (non-hydrogen) atoms. The van der Waals surface area contributed by atoms with Gasteiger partial charge in [0, 0.05) is 33.2 Å². The van der Waals surface area contributed by atoms with Gasteiger partial charge >= 0.3 is 6.09 Å². The van der Waals surface area contributed by atoms with Gasteiger partial charge < -0.3 is 19.5 Å². The minimum Gasteiger partial charge on any atom is -0.465 e. The van der Waals surface area contributed by atoms with Gasteiger partial charge in [-0.3, -0.25) is 0 Å². The molecule has 2 aromatic rings. The van der Waals surface area contributed by atoms with Gasteiger partial charge in [-0.25, -0.2) is 9.78 Å². The number of nitrogens with zero attached hydrogens (tertiary/aromatic N) is 6. The Bertz CT molecular complexity index is 710. The summed E-state index contributed by atoms with van der Waals surface area (Å²) in [4.78, 5) is 26.9. The Balaban J connectivity index is 1.98. The molecule has 1 aliphatic rings. The molecule has 1 aliphatic heterocycles. The number of aryl methyl sites for hydroxylation is 1. The second-order valence-corrected chi connectivity index (χ2v) is 5.36. The maximum atomic E-state index is 10.9. The Kier molecular flexibility index (Phi) is 3.50. The van der Waals surface area contributed by atoms with E-state index >= 15 is 0 Å². The summed E-state index contributed by atoms with van der Waals surface area (Å²) in [6.45, 7) is 1.84. The van der Waals surface area contributed by atoms with Crippen molar-refractivity contribution in [2.24, 2.45) is 7.05 Å². The molecule has 1 fully saturated rings. The average molecular weight is 331 g/mol. The van der Waals surface area contributed by atoms with Crippen LogP contribution in [0.3, 0.4) is 0 Å². The molecule has 3 heterocycles. The molecule has 0 spiro atoms. The smallest absolute Gasteiger partial charge is 0.407 e. The second kappa shape index (κ2) is 5.19. The first-order valence-electron chi connectivity index (χ1n) is 6.25. The fourth-order valence-electron chi connectivity index (χ4n) is 2.32. The van der Waals surface area contributed by atoms with Gasteiger partial charge in [-0.05, 0) is 23.2 Å². The lowest BCUT2D eigenvalue weighted by molar-refractivity contribution is 0.142. The highest BCUT2D eigenvalue weighted by Gasteiger charge is 2.25. The number of piperazine rings is 1. The molecule has 1 N–H and O–H groups in total. The predicted molar refractivity (Wildman–Crippen MR) is 78.1 cm³/mol. The number of hydrogen-bond acceptors (Lipinski definition) is 5. The van der Waals surface area contributed by atoms with Crippen molar-refractivity contribution in [3.63, 3.8) is 0 Å². The Labute approximate surface area is 129 Å². The molecule has 8 nitrogen and oxygen atoms in total. The molecule has 10 heteroatoms. The number of amides is 1. The van der Waals surface area contributed by atoms with Gasteiger partial charge in [0.15, 0.2) is 17.0 Å². The molecule has 0 atom stereocenters. The molecule has 0 saturated carbocycles. The monoisotopic (exact) mass is 330 g/mol. The van der Waals surface area contributed by atoms with E-state index in [0.29, 0.717) is 48.4 Å². The molecule has 0 bridgehead atoms. The number of aromatic nitrogens is 4. The molecule has 3 rings (SSSR count). The molecule has 2 aromatic heterocycles. The van der Waals surface area contributed by atoms with E-state index in [0.717, 1.165) is 0 Å². The van der Waals surface area contributed by atoms with Crippen molar-refractivity contribution < 1.29 is 9.90 Å². The van der Waals surface area contributed by atoms with Crippen LogP contribution in [0.1, 0.15) is 0 Å². The molecule has 1 amide bonds. The van der Waals surface area contributed by atoms with Gasteiger partial charge in [-0.2, -0.15) is 9.97 Å². The lowest BCUT2D eigenvalue weighted by atomic mass is 10.3. The number of halogens is 2. The summed E-state index contributed by atoms with van der Waals surface area (Å²) in [5.41, 5.74) is 1.12. The second-order valence-electron chi connectivity index (χ2n) is 4.68. The van der Waals surface area contributed by atoms with E-state index in [4.69, 9.17) is 28.3 Å². The van der Waals surface area contributed by atoms with Crippen LogP contribution in [0.15, 0.2) is 0 Å². The molecule has 1 saturated heterocycles. The van der Waals surface area contributed by atoms with E-state index in [-0.39, 0.29) is 5.28 Å². The van der Waals surface area contributed by atoms with E-state index in [1.165, 1.54) is 4.90 Å². The van der Waals surface area contributed by atoms with Crippen molar-refractivity contribution in [1.29, 1.82) is 0 Å². The van der Waals surface area contributed by atoms with E-state index in [9.17, 15) is 4.79 Å². The SMILES string of the molecule is Cn1c(Cl)nc2c(N3CCN(C(=O)O)CC3)nc(Cl)nc21. The zero-order valence-electron chi connectivity index (χ0n) is 11.1. The highest BCUT2D eigenvalue weighted by molar-refractivity contribution is 6.30. The summed E-state index contributed by atoms with van der Waals surface area (Å²) in [7, 11) is 1.74. The van der Waals surface area contributed by atoms with Crippen LogP contribution in [-0.2, 0) is 7.05 Å². The molecule has 0 radical (unpaired) electrons. The first-order chi connectivity index (χ1) is 9.97. The summed E-state index contributed by atoms with van der Waals surface area (Å²) >= 11 is 12.0. The van der Waals surface area contributed by atoms with Crippen LogP contribution in [0.5, 0.6) is 0 Å². The molecule has 112 valence electrons. The fourth-order valence-corrected chi connectivity index (χ4v) is 2.65. The molecule has 0 aliphatic carbocycles. The summed E-state index contributed by atoms with van der Waals surface area (Å²) in [5.74, 6) is 0.581. The fraction of sp³-hybridized carbons (Fsp3) is 0.455. The highest BCUT2D eigenvalue weighted by Crippen LogP contribution is 2.27. The maximum absolute atomic E-state index is 10.9. The number of anilines is 1. The van der Waals surface area contributed by atoms with Gasteiger partial charge in [0.25, 0.3) is 0 Å². The van der Waals surface area contributed by atoms with Gasteiger partial charge in [-0.1, -0.05) is 0 Å². The van der Waals surface area contributed by atoms with Gasteiger partial charge in [-0.15, -0.1) is 0 Å². The minimum atomic E-state index is -0.915. The van der Waals surface area contributed by atoms with Crippen molar-refractivity contribution in [2.75, 3.05) is 31.1 Å². The summed E-state index contributed by atoms with van der Waals surface area (Å²) in [6, 6.07) is 0. The first kappa shape index (κ1) is 14.2. The van der Waals surface area contributed by atoms with E-state index in [1.807, 2.05) is 4.90 Å². The highest BCUT2D eigenvalue weighted by atomic mass is 35.5. The van der Waals surface area contributed by atoms with E-state index in [2.05, 4.69) is 15.0 Å². The quantitative estimate of drug-likeness (QED) is 0.629. The summed E-state index contributed by atoms with van der Waals surface area (Å²) < 4.78 is 1.63. The van der Waals surface area contributed by atoms with Crippen LogP contribution in [0, 0.1) is 0 Å². The topological polar surface area (TPSA) is 87.4 Å². The van der Waals surface area contributed by atoms with Crippen LogP contribution >= 0.6 is 23.2 Å². The van der Waals surface area contributed by atoms with Crippen LogP contribution < -0.4 is 4.90 Å². The number of hydrogen-bond donors (Lipinski definition) is 1.